The van der Waals surface area contributed by atoms with Crippen LogP contribution in [-0.2, 0) is 6.54 Å². The van der Waals surface area contributed by atoms with Crippen molar-refractivity contribution in [1.82, 2.24) is 9.78 Å². The topological polar surface area (TPSA) is 46.9 Å². The van der Waals surface area contributed by atoms with Gasteiger partial charge in [0, 0.05) is 18.4 Å². The lowest BCUT2D eigenvalue weighted by molar-refractivity contribution is 0.101. The fraction of sp³-hybridized carbons (Fsp3) is 0.333. The zero-order valence-corrected chi connectivity index (χ0v) is 11.6. The lowest BCUT2D eigenvalue weighted by Crippen LogP contribution is -2.17. The average molecular weight is 257 g/mol. The molecular formula is C15H19N3O. The SMILES string of the molecule is CCCn1nccc1C(=O)Nc1ccc(C)c(C)c1. The van der Waals surface area contributed by atoms with Crippen molar-refractivity contribution >= 4 is 11.6 Å². The highest BCUT2D eigenvalue weighted by Gasteiger charge is 2.11. The third-order valence-electron chi connectivity index (χ3n) is 3.15. The van der Waals surface area contributed by atoms with Gasteiger partial charge in [-0.15, -0.1) is 0 Å². The van der Waals surface area contributed by atoms with Gasteiger partial charge in [-0.05, 0) is 49.6 Å². The van der Waals surface area contributed by atoms with Gasteiger partial charge in [0.2, 0.25) is 0 Å². The van der Waals surface area contributed by atoms with Crippen LogP contribution in [0.1, 0.15) is 35.0 Å². The molecule has 0 aliphatic carbocycles. The Labute approximate surface area is 113 Å². The second-order valence-corrected chi connectivity index (χ2v) is 4.69. The van der Waals surface area contributed by atoms with Gasteiger partial charge >= 0.3 is 0 Å². The number of amides is 1. The minimum atomic E-state index is -0.116. The maximum absolute atomic E-state index is 12.2. The molecule has 4 heteroatoms. The van der Waals surface area contributed by atoms with Crippen molar-refractivity contribution < 1.29 is 4.79 Å². The van der Waals surface area contributed by atoms with Crippen molar-refractivity contribution in [3.05, 3.63) is 47.3 Å². The molecule has 0 fully saturated rings. The van der Waals surface area contributed by atoms with Crippen LogP contribution in [-0.4, -0.2) is 15.7 Å². The van der Waals surface area contributed by atoms with Crippen LogP contribution >= 0.6 is 0 Å². The van der Waals surface area contributed by atoms with Crippen LogP contribution in [0.25, 0.3) is 0 Å². The molecule has 2 aromatic rings. The highest BCUT2D eigenvalue weighted by molar-refractivity contribution is 6.03. The molecule has 0 aliphatic rings. The van der Waals surface area contributed by atoms with Gasteiger partial charge in [0.1, 0.15) is 5.69 Å². The number of nitrogens with one attached hydrogen (secondary N) is 1. The molecule has 1 aromatic heterocycles. The molecule has 0 bridgehead atoms. The number of hydrogen-bond acceptors (Lipinski definition) is 2. The second kappa shape index (κ2) is 5.69. The summed E-state index contributed by atoms with van der Waals surface area (Å²) in [4.78, 5) is 12.2. The number of anilines is 1. The second-order valence-electron chi connectivity index (χ2n) is 4.69. The summed E-state index contributed by atoms with van der Waals surface area (Å²) in [6, 6.07) is 7.65. The Hall–Kier alpha value is -2.10. The Balaban J connectivity index is 2.16. The predicted molar refractivity (Wildman–Crippen MR) is 76.4 cm³/mol. The average Bonchev–Trinajstić information content (AvgIpc) is 2.83. The number of nitrogens with zero attached hydrogens (tertiary/aromatic N) is 2. The van der Waals surface area contributed by atoms with Crippen molar-refractivity contribution in [2.24, 2.45) is 0 Å². The summed E-state index contributed by atoms with van der Waals surface area (Å²) in [6.07, 6.45) is 2.61. The van der Waals surface area contributed by atoms with Crippen LogP contribution < -0.4 is 5.32 Å². The smallest absolute Gasteiger partial charge is 0.273 e. The Morgan fingerprint density at radius 3 is 2.74 bits per heavy atom. The van der Waals surface area contributed by atoms with Gasteiger partial charge in [0.05, 0.1) is 0 Å². The number of hydrogen-bond donors (Lipinski definition) is 1. The highest BCUT2D eigenvalue weighted by atomic mass is 16.2. The zero-order valence-electron chi connectivity index (χ0n) is 11.6. The highest BCUT2D eigenvalue weighted by Crippen LogP contribution is 2.15. The van der Waals surface area contributed by atoms with Gasteiger partial charge < -0.3 is 5.32 Å². The molecule has 19 heavy (non-hydrogen) atoms. The lowest BCUT2D eigenvalue weighted by atomic mass is 10.1. The molecule has 100 valence electrons. The molecule has 1 N–H and O–H groups in total. The summed E-state index contributed by atoms with van der Waals surface area (Å²) >= 11 is 0. The van der Waals surface area contributed by atoms with Crippen molar-refractivity contribution in [3.8, 4) is 0 Å². The van der Waals surface area contributed by atoms with Crippen molar-refractivity contribution in [2.45, 2.75) is 33.7 Å². The van der Waals surface area contributed by atoms with Gasteiger partial charge in [0.15, 0.2) is 0 Å². The minimum absolute atomic E-state index is 0.116. The van der Waals surface area contributed by atoms with E-state index in [1.807, 2.05) is 25.1 Å². The Morgan fingerprint density at radius 1 is 1.26 bits per heavy atom. The van der Waals surface area contributed by atoms with E-state index in [1.54, 1.807) is 16.9 Å². The fourth-order valence-corrected chi connectivity index (χ4v) is 1.93. The number of aromatic nitrogens is 2. The van der Waals surface area contributed by atoms with E-state index in [9.17, 15) is 4.79 Å². The normalized spacial score (nSPS) is 10.5. The minimum Gasteiger partial charge on any atom is -0.321 e. The standard InChI is InChI=1S/C15H19N3O/c1-4-9-18-14(7-8-16-18)15(19)17-13-6-5-11(2)12(3)10-13/h5-8,10H,4,9H2,1-3H3,(H,17,19). The summed E-state index contributed by atoms with van der Waals surface area (Å²) in [7, 11) is 0. The Kier molecular flexibility index (Phi) is 4.00. The van der Waals surface area contributed by atoms with Crippen LogP contribution in [0.15, 0.2) is 30.5 Å². The van der Waals surface area contributed by atoms with Gasteiger partial charge in [-0.1, -0.05) is 13.0 Å². The molecule has 0 unspecified atom stereocenters. The molecule has 2 rings (SSSR count). The molecule has 4 nitrogen and oxygen atoms in total. The number of carbonyl (C=O) groups excluding carboxylic acids is 1. The van der Waals surface area contributed by atoms with E-state index in [-0.39, 0.29) is 5.91 Å². The summed E-state index contributed by atoms with van der Waals surface area (Å²) in [5.41, 5.74) is 3.80. The van der Waals surface area contributed by atoms with Crippen LogP contribution in [0, 0.1) is 13.8 Å². The number of carbonyl (C=O) groups is 1. The fourth-order valence-electron chi connectivity index (χ4n) is 1.93. The maximum atomic E-state index is 12.2. The summed E-state index contributed by atoms with van der Waals surface area (Å²) in [5.74, 6) is -0.116. The quantitative estimate of drug-likeness (QED) is 0.914. The first-order chi connectivity index (χ1) is 9.11. The van der Waals surface area contributed by atoms with Crippen molar-refractivity contribution in [2.75, 3.05) is 5.32 Å². The van der Waals surface area contributed by atoms with E-state index >= 15 is 0 Å². The molecule has 0 radical (unpaired) electrons. The van der Waals surface area contributed by atoms with Crippen LogP contribution in [0.3, 0.4) is 0 Å². The number of benzene rings is 1. The molecule has 0 atom stereocenters. The van der Waals surface area contributed by atoms with Gasteiger partial charge in [-0.2, -0.15) is 5.10 Å². The van der Waals surface area contributed by atoms with Gasteiger partial charge in [-0.25, -0.2) is 0 Å². The molecule has 1 amide bonds. The van der Waals surface area contributed by atoms with Gasteiger partial charge in [0.25, 0.3) is 5.91 Å². The molecule has 0 saturated carbocycles. The van der Waals surface area contributed by atoms with E-state index in [4.69, 9.17) is 0 Å². The molecule has 0 spiro atoms. The van der Waals surface area contributed by atoms with E-state index in [0.29, 0.717) is 5.69 Å². The summed E-state index contributed by atoms with van der Waals surface area (Å²) in [6.45, 7) is 6.90. The first-order valence-corrected chi connectivity index (χ1v) is 6.52. The van der Waals surface area contributed by atoms with Crippen molar-refractivity contribution in [3.63, 3.8) is 0 Å². The van der Waals surface area contributed by atoms with E-state index in [0.717, 1.165) is 18.7 Å². The third-order valence-corrected chi connectivity index (χ3v) is 3.15. The largest absolute Gasteiger partial charge is 0.321 e. The van der Waals surface area contributed by atoms with E-state index < -0.39 is 0 Å². The monoisotopic (exact) mass is 257 g/mol. The van der Waals surface area contributed by atoms with Crippen LogP contribution in [0.2, 0.25) is 0 Å². The third kappa shape index (κ3) is 3.02. The molecule has 1 heterocycles. The lowest BCUT2D eigenvalue weighted by Gasteiger charge is -2.09. The first-order valence-electron chi connectivity index (χ1n) is 6.52. The summed E-state index contributed by atoms with van der Waals surface area (Å²) < 4.78 is 1.73. The molecular weight excluding hydrogens is 238 g/mol. The number of aryl methyl sites for hydroxylation is 3. The first kappa shape index (κ1) is 13.3. The Morgan fingerprint density at radius 2 is 2.05 bits per heavy atom. The molecule has 1 aromatic carbocycles. The van der Waals surface area contributed by atoms with Crippen molar-refractivity contribution in [1.29, 1.82) is 0 Å². The maximum Gasteiger partial charge on any atom is 0.273 e. The molecule has 0 saturated heterocycles. The van der Waals surface area contributed by atoms with E-state index in [2.05, 4.69) is 24.3 Å². The van der Waals surface area contributed by atoms with Crippen LogP contribution in [0.5, 0.6) is 0 Å². The zero-order chi connectivity index (χ0) is 13.8. The van der Waals surface area contributed by atoms with Gasteiger partial charge in [-0.3, -0.25) is 9.48 Å². The number of rotatable bonds is 4. The van der Waals surface area contributed by atoms with Crippen LogP contribution in [0.4, 0.5) is 5.69 Å². The summed E-state index contributed by atoms with van der Waals surface area (Å²) in [5, 5.41) is 7.07. The molecule has 0 aliphatic heterocycles. The Bertz CT molecular complexity index is 587. The predicted octanol–water partition coefficient (Wildman–Crippen LogP) is 3.16. The van der Waals surface area contributed by atoms with E-state index in [1.165, 1.54) is 11.1 Å².